The molecule has 8 heteroatoms. The second kappa shape index (κ2) is 6.10. The molecule has 0 saturated heterocycles. The van der Waals surface area contributed by atoms with Gasteiger partial charge in [0.15, 0.2) is 5.82 Å². The van der Waals surface area contributed by atoms with E-state index >= 15 is 0 Å². The molecule has 0 aromatic carbocycles. The van der Waals surface area contributed by atoms with Crippen molar-refractivity contribution in [2.75, 3.05) is 6.26 Å². The van der Waals surface area contributed by atoms with Crippen LogP contribution in [-0.4, -0.2) is 40.2 Å². The first-order valence-corrected chi connectivity index (χ1v) is 8.28. The van der Waals surface area contributed by atoms with Crippen LogP contribution in [0.5, 0.6) is 0 Å². The van der Waals surface area contributed by atoms with Gasteiger partial charge in [-0.2, -0.15) is 0 Å². The van der Waals surface area contributed by atoms with Gasteiger partial charge in [0.1, 0.15) is 17.8 Å². The van der Waals surface area contributed by atoms with E-state index in [4.69, 9.17) is 0 Å². The summed E-state index contributed by atoms with van der Waals surface area (Å²) in [5, 5.41) is 8.06. The Morgan fingerprint density at radius 2 is 2.14 bits per heavy atom. The molecular weight excluding hydrogens is 300 g/mol. The summed E-state index contributed by atoms with van der Waals surface area (Å²) in [6.07, 6.45) is 5.51. The van der Waals surface area contributed by atoms with Gasteiger partial charge in [0.25, 0.3) is 0 Å². The second-order valence-electron chi connectivity index (χ2n) is 4.55. The maximum atomic E-state index is 11.7. The Kier molecular flexibility index (Phi) is 4.01. The lowest BCUT2D eigenvalue weighted by atomic mass is 10.3. The molecule has 1 unspecified atom stereocenters. The summed E-state index contributed by atoms with van der Waals surface area (Å²) >= 11 is 0. The Morgan fingerprint density at radius 1 is 1.27 bits per heavy atom. The first-order valence-electron chi connectivity index (χ1n) is 6.72. The lowest BCUT2D eigenvalue weighted by Gasteiger charge is -2.08. The van der Waals surface area contributed by atoms with Gasteiger partial charge in [0.2, 0.25) is 5.16 Å². The van der Waals surface area contributed by atoms with Crippen molar-refractivity contribution in [2.24, 2.45) is 0 Å². The Balaban J connectivity index is 2.16. The molecular formula is C14H14N6OS. The van der Waals surface area contributed by atoms with Gasteiger partial charge < -0.3 is 0 Å². The van der Waals surface area contributed by atoms with Crippen molar-refractivity contribution in [3.8, 4) is 17.3 Å². The number of aryl methyl sites for hydroxylation is 1. The van der Waals surface area contributed by atoms with Crippen LogP contribution >= 0.6 is 0 Å². The van der Waals surface area contributed by atoms with Crippen molar-refractivity contribution < 1.29 is 4.21 Å². The normalized spacial score (nSPS) is 12.3. The lowest BCUT2D eigenvalue weighted by Crippen LogP contribution is -2.07. The third-order valence-electron chi connectivity index (χ3n) is 3.04. The maximum Gasteiger partial charge on any atom is 0.226 e. The van der Waals surface area contributed by atoms with Gasteiger partial charge in [-0.25, -0.2) is 9.97 Å². The smallest absolute Gasteiger partial charge is 0.226 e. The molecule has 3 aromatic heterocycles. The highest BCUT2D eigenvalue weighted by atomic mass is 32.2. The summed E-state index contributed by atoms with van der Waals surface area (Å²) in [6, 6.07) is 7.41. The van der Waals surface area contributed by atoms with Crippen LogP contribution in [0, 0.1) is 0 Å². The van der Waals surface area contributed by atoms with Crippen molar-refractivity contribution in [3.63, 3.8) is 0 Å². The van der Waals surface area contributed by atoms with E-state index in [2.05, 4.69) is 25.1 Å². The monoisotopic (exact) mass is 314 g/mol. The van der Waals surface area contributed by atoms with Crippen LogP contribution in [0.15, 0.2) is 41.9 Å². The fourth-order valence-corrected chi connectivity index (χ4v) is 2.55. The molecule has 3 aromatic rings. The highest BCUT2D eigenvalue weighted by Gasteiger charge is 2.14. The molecule has 7 nitrogen and oxygen atoms in total. The van der Waals surface area contributed by atoms with Crippen molar-refractivity contribution in [1.82, 2.24) is 29.7 Å². The predicted octanol–water partition coefficient (Wildman–Crippen LogP) is 1.42. The highest BCUT2D eigenvalue weighted by Crippen LogP contribution is 2.17. The Morgan fingerprint density at radius 3 is 2.82 bits per heavy atom. The average molecular weight is 314 g/mol. The predicted molar refractivity (Wildman–Crippen MR) is 81.9 cm³/mol. The molecule has 0 radical (unpaired) electrons. The maximum absolute atomic E-state index is 11.7. The first-order chi connectivity index (χ1) is 10.7. The van der Waals surface area contributed by atoms with E-state index in [9.17, 15) is 4.21 Å². The van der Waals surface area contributed by atoms with E-state index in [1.807, 2.05) is 31.2 Å². The Bertz CT molecular complexity index is 817. The molecule has 1 atom stereocenters. The molecule has 3 rings (SSSR count). The molecule has 0 spiro atoms. The number of aromatic nitrogens is 6. The number of hydrogen-bond donors (Lipinski definition) is 0. The van der Waals surface area contributed by atoms with Crippen LogP contribution in [-0.2, 0) is 17.2 Å². The van der Waals surface area contributed by atoms with E-state index in [0.717, 1.165) is 12.1 Å². The molecule has 3 heterocycles. The summed E-state index contributed by atoms with van der Waals surface area (Å²) in [7, 11) is -1.26. The molecule has 22 heavy (non-hydrogen) atoms. The van der Waals surface area contributed by atoms with E-state index in [-0.39, 0.29) is 0 Å². The molecule has 0 aliphatic carbocycles. The van der Waals surface area contributed by atoms with Crippen LogP contribution in [0.1, 0.15) is 12.6 Å². The summed E-state index contributed by atoms with van der Waals surface area (Å²) in [5.74, 6) is 1.11. The summed E-state index contributed by atoms with van der Waals surface area (Å²) in [6.45, 7) is 2.01. The Hall–Kier alpha value is -2.48. The van der Waals surface area contributed by atoms with Crippen molar-refractivity contribution in [1.29, 1.82) is 0 Å². The minimum atomic E-state index is -1.26. The topological polar surface area (TPSA) is 86.5 Å². The zero-order chi connectivity index (χ0) is 15.5. The molecule has 0 saturated carbocycles. The van der Waals surface area contributed by atoms with Crippen molar-refractivity contribution in [3.05, 3.63) is 42.5 Å². The molecule has 0 bridgehead atoms. The fraction of sp³-hybridized carbons (Fsp3) is 0.214. The summed E-state index contributed by atoms with van der Waals surface area (Å²) < 4.78 is 13.4. The van der Waals surface area contributed by atoms with Gasteiger partial charge in [-0.15, -0.1) is 10.2 Å². The van der Waals surface area contributed by atoms with Crippen LogP contribution in [0.3, 0.4) is 0 Å². The minimum Gasteiger partial charge on any atom is -0.258 e. The standard InChI is InChI=1S/C14H14N6OS/c1-3-10-8-12(20-9-16-19-14(20)22(2)21)18-13(17-10)11-6-4-5-7-15-11/h4-9H,3H2,1-2H3. The third-order valence-corrected chi connectivity index (χ3v) is 3.83. The van der Waals surface area contributed by atoms with Crippen LogP contribution in [0.2, 0.25) is 0 Å². The number of rotatable bonds is 4. The van der Waals surface area contributed by atoms with Gasteiger partial charge in [-0.3, -0.25) is 13.8 Å². The molecule has 0 aliphatic rings. The summed E-state index contributed by atoms with van der Waals surface area (Å²) in [4.78, 5) is 13.3. The van der Waals surface area contributed by atoms with E-state index in [1.165, 1.54) is 6.33 Å². The molecule has 0 N–H and O–H groups in total. The van der Waals surface area contributed by atoms with E-state index < -0.39 is 10.8 Å². The van der Waals surface area contributed by atoms with Crippen LogP contribution < -0.4 is 0 Å². The number of pyridine rings is 1. The van der Waals surface area contributed by atoms with Crippen LogP contribution in [0.4, 0.5) is 0 Å². The van der Waals surface area contributed by atoms with Gasteiger partial charge in [-0.1, -0.05) is 13.0 Å². The Labute approximate surface area is 130 Å². The lowest BCUT2D eigenvalue weighted by molar-refractivity contribution is 0.674. The van der Waals surface area contributed by atoms with Crippen molar-refractivity contribution in [2.45, 2.75) is 18.5 Å². The molecule has 0 amide bonds. The molecule has 0 fully saturated rings. The zero-order valence-electron chi connectivity index (χ0n) is 12.2. The van der Waals surface area contributed by atoms with Gasteiger partial charge in [0, 0.05) is 24.2 Å². The molecule has 0 aliphatic heterocycles. The van der Waals surface area contributed by atoms with Crippen LogP contribution in [0.25, 0.3) is 17.3 Å². The van der Waals surface area contributed by atoms with Crippen molar-refractivity contribution >= 4 is 10.8 Å². The first kappa shape index (κ1) is 14.5. The summed E-state index contributed by atoms with van der Waals surface area (Å²) in [5.41, 5.74) is 1.55. The zero-order valence-corrected chi connectivity index (χ0v) is 13.0. The van der Waals surface area contributed by atoms with E-state index in [0.29, 0.717) is 22.5 Å². The third kappa shape index (κ3) is 2.77. The second-order valence-corrected chi connectivity index (χ2v) is 5.82. The minimum absolute atomic E-state index is 0.354. The number of nitrogens with zero attached hydrogens (tertiary/aromatic N) is 6. The molecule has 112 valence electrons. The fourth-order valence-electron chi connectivity index (χ4n) is 1.97. The number of hydrogen-bond acceptors (Lipinski definition) is 6. The average Bonchev–Trinajstić information content (AvgIpc) is 3.05. The van der Waals surface area contributed by atoms with Gasteiger partial charge in [-0.05, 0) is 18.6 Å². The highest BCUT2D eigenvalue weighted by molar-refractivity contribution is 7.84. The quantitative estimate of drug-likeness (QED) is 0.724. The largest absolute Gasteiger partial charge is 0.258 e. The van der Waals surface area contributed by atoms with Gasteiger partial charge >= 0.3 is 0 Å². The SMILES string of the molecule is CCc1cc(-n2cnnc2S(C)=O)nc(-c2ccccn2)n1. The van der Waals surface area contributed by atoms with E-state index in [1.54, 1.807) is 17.0 Å². The van der Waals surface area contributed by atoms with Gasteiger partial charge in [0.05, 0.1) is 10.8 Å².